The van der Waals surface area contributed by atoms with Crippen molar-refractivity contribution >= 4 is 34.6 Å². The molecule has 2 aromatic rings. The van der Waals surface area contributed by atoms with E-state index >= 15 is 0 Å². The summed E-state index contributed by atoms with van der Waals surface area (Å²) in [6.07, 6.45) is 0. The number of thiocarbonyl (C=S) groups is 1. The molecule has 0 atom stereocenters. The van der Waals surface area contributed by atoms with Crippen LogP contribution in [0.2, 0.25) is 5.02 Å². The van der Waals surface area contributed by atoms with E-state index in [-0.39, 0.29) is 10.9 Å². The van der Waals surface area contributed by atoms with E-state index in [0.717, 1.165) is 5.56 Å². The molecule has 0 aliphatic carbocycles. The molecule has 19 heavy (non-hydrogen) atoms. The largest absolute Gasteiger partial charge is 0.506 e. The highest BCUT2D eigenvalue weighted by Gasteiger charge is 2.14. The number of benzene rings is 2. The third-order valence-electron chi connectivity index (χ3n) is 2.68. The van der Waals surface area contributed by atoms with Crippen LogP contribution in [-0.4, -0.2) is 10.2 Å². The SMILES string of the molecule is NC(=S)N(Cc1ccccc1)c1cc(Cl)ccc1O. The molecular weight excluding hydrogens is 280 g/mol. The third-order valence-corrected chi connectivity index (χ3v) is 3.13. The number of phenols is 1. The predicted molar refractivity (Wildman–Crippen MR) is 82.5 cm³/mol. The highest BCUT2D eigenvalue weighted by molar-refractivity contribution is 7.80. The van der Waals surface area contributed by atoms with Crippen LogP contribution in [-0.2, 0) is 6.54 Å². The van der Waals surface area contributed by atoms with E-state index in [1.165, 1.54) is 6.07 Å². The molecule has 98 valence electrons. The molecule has 0 bridgehead atoms. The topological polar surface area (TPSA) is 49.5 Å². The minimum Gasteiger partial charge on any atom is -0.506 e. The summed E-state index contributed by atoms with van der Waals surface area (Å²) in [6, 6.07) is 14.5. The Bertz CT molecular complexity index is 589. The Hall–Kier alpha value is -1.78. The number of phenolic OH excluding ortho intramolecular Hbond substituents is 1. The molecule has 2 rings (SSSR count). The molecule has 0 amide bonds. The molecule has 0 spiro atoms. The van der Waals surface area contributed by atoms with E-state index in [1.54, 1.807) is 17.0 Å². The summed E-state index contributed by atoms with van der Waals surface area (Å²) in [6.45, 7) is 0.476. The first-order chi connectivity index (χ1) is 9.08. The fraction of sp³-hybridized carbons (Fsp3) is 0.0714. The summed E-state index contributed by atoms with van der Waals surface area (Å²) in [5.41, 5.74) is 7.28. The molecule has 0 radical (unpaired) electrons. The molecule has 0 aromatic heterocycles. The molecule has 0 saturated carbocycles. The fourth-order valence-corrected chi connectivity index (χ4v) is 2.09. The van der Waals surface area contributed by atoms with E-state index in [2.05, 4.69) is 0 Å². The molecule has 0 fully saturated rings. The Balaban J connectivity index is 2.35. The van der Waals surface area contributed by atoms with E-state index in [1.807, 2.05) is 30.3 Å². The smallest absolute Gasteiger partial charge is 0.171 e. The number of nitrogens with zero attached hydrogens (tertiary/aromatic N) is 1. The van der Waals surface area contributed by atoms with Crippen molar-refractivity contribution in [3.8, 4) is 5.75 Å². The van der Waals surface area contributed by atoms with Gasteiger partial charge in [-0.3, -0.25) is 0 Å². The van der Waals surface area contributed by atoms with Crippen LogP contribution in [0.5, 0.6) is 5.75 Å². The maximum absolute atomic E-state index is 9.92. The van der Waals surface area contributed by atoms with Crippen molar-refractivity contribution in [1.82, 2.24) is 0 Å². The van der Waals surface area contributed by atoms with Crippen molar-refractivity contribution in [2.24, 2.45) is 5.73 Å². The van der Waals surface area contributed by atoms with Gasteiger partial charge in [0.25, 0.3) is 0 Å². The number of nitrogens with two attached hydrogens (primary N) is 1. The highest BCUT2D eigenvalue weighted by Crippen LogP contribution is 2.31. The maximum atomic E-state index is 9.92. The first-order valence-corrected chi connectivity index (χ1v) is 6.46. The van der Waals surface area contributed by atoms with Crippen molar-refractivity contribution in [3.05, 3.63) is 59.1 Å². The summed E-state index contributed by atoms with van der Waals surface area (Å²) in [5, 5.41) is 10.6. The summed E-state index contributed by atoms with van der Waals surface area (Å²) in [5.74, 6) is 0.0909. The zero-order chi connectivity index (χ0) is 13.8. The van der Waals surface area contributed by atoms with Crippen LogP contribution in [0.1, 0.15) is 5.56 Å². The summed E-state index contributed by atoms with van der Waals surface area (Å²) < 4.78 is 0. The lowest BCUT2D eigenvalue weighted by atomic mass is 10.2. The second-order valence-corrected chi connectivity index (χ2v) is 4.90. The maximum Gasteiger partial charge on any atom is 0.171 e. The first-order valence-electron chi connectivity index (χ1n) is 5.67. The van der Waals surface area contributed by atoms with E-state index in [4.69, 9.17) is 29.6 Å². The molecule has 3 N–H and O–H groups in total. The number of aromatic hydroxyl groups is 1. The summed E-state index contributed by atoms with van der Waals surface area (Å²) in [7, 11) is 0. The average Bonchev–Trinajstić information content (AvgIpc) is 2.40. The van der Waals surface area contributed by atoms with Gasteiger partial charge in [0.1, 0.15) is 5.75 Å². The van der Waals surface area contributed by atoms with Crippen molar-refractivity contribution in [3.63, 3.8) is 0 Å². The lowest BCUT2D eigenvalue weighted by Gasteiger charge is -2.24. The number of halogens is 1. The van der Waals surface area contributed by atoms with Gasteiger partial charge >= 0.3 is 0 Å². The van der Waals surface area contributed by atoms with Gasteiger partial charge in [-0.1, -0.05) is 41.9 Å². The molecule has 5 heteroatoms. The normalized spacial score (nSPS) is 10.2. The van der Waals surface area contributed by atoms with Gasteiger partial charge in [0.05, 0.1) is 12.2 Å². The van der Waals surface area contributed by atoms with Crippen LogP contribution in [0.4, 0.5) is 5.69 Å². The number of hydrogen-bond donors (Lipinski definition) is 2. The first kappa shape index (κ1) is 13.6. The van der Waals surface area contributed by atoms with Gasteiger partial charge in [-0.25, -0.2) is 0 Å². The highest BCUT2D eigenvalue weighted by atomic mass is 35.5. The number of hydrogen-bond acceptors (Lipinski definition) is 2. The van der Waals surface area contributed by atoms with Crippen LogP contribution < -0.4 is 10.6 Å². The van der Waals surface area contributed by atoms with Gasteiger partial charge in [-0.2, -0.15) is 0 Å². The lowest BCUT2D eigenvalue weighted by Crippen LogP contribution is -2.35. The summed E-state index contributed by atoms with van der Waals surface area (Å²) in [4.78, 5) is 1.64. The number of anilines is 1. The third kappa shape index (κ3) is 3.36. The zero-order valence-corrected chi connectivity index (χ0v) is 11.7. The van der Waals surface area contributed by atoms with E-state index in [0.29, 0.717) is 17.3 Å². The standard InChI is InChI=1S/C14H13ClN2OS/c15-11-6-7-13(18)12(8-11)17(14(16)19)9-10-4-2-1-3-5-10/h1-8,18H,9H2,(H2,16,19). The van der Waals surface area contributed by atoms with Crippen LogP contribution >= 0.6 is 23.8 Å². The van der Waals surface area contributed by atoms with Crippen molar-refractivity contribution in [2.75, 3.05) is 4.90 Å². The Morgan fingerprint density at radius 1 is 1.21 bits per heavy atom. The quantitative estimate of drug-likeness (QED) is 0.852. The molecule has 2 aromatic carbocycles. The Morgan fingerprint density at radius 2 is 1.89 bits per heavy atom. The Morgan fingerprint density at radius 3 is 2.53 bits per heavy atom. The molecular formula is C14H13ClN2OS. The molecule has 0 unspecified atom stereocenters. The minimum absolute atomic E-state index is 0.0909. The molecule has 0 heterocycles. The van der Waals surface area contributed by atoms with E-state index < -0.39 is 0 Å². The van der Waals surface area contributed by atoms with Gasteiger partial charge in [0, 0.05) is 5.02 Å². The minimum atomic E-state index is 0.0909. The monoisotopic (exact) mass is 292 g/mol. The van der Waals surface area contributed by atoms with Gasteiger partial charge in [-0.15, -0.1) is 0 Å². The summed E-state index contributed by atoms with van der Waals surface area (Å²) >= 11 is 11.0. The van der Waals surface area contributed by atoms with Gasteiger partial charge < -0.3 is 15.7 Å². The van der Waals surface area contributed by atoms with Crippen LogP contribution in [0, 0.1) is 0 Å². The molecule has 0 aliphatic heterocycles. The van der Waals surface area contributed by atoms with E-state index in [9.17, 15) is 5.11 Å². The van der Waals surface area contributed by atoms with Gasteiger partial charge in [0.15, 0.2) is 5.11 Å². The van der Waals surface area contributed by atoms with Crippen molar-refractivity contribution < 1.29 is 5.11 Å². The second-order valence-electron chi connectivity index (χ2n) is 4.04. The van der Waals surface area contributed by atoms with Crippen LogP contribution in [0.25, 0.3) is 0 Å². The molecule has 0 saturated heterocycles. The second kappa shape index (κ2) is 5.91. The average molecular weight is 293 g/mol. The fourth-order valence-electron chi connectivity index (χ4n) is 1.76. The van der Waals surface area contributed by atoms with Gasteiger partial charge in [0.2, 0.25) is 0 Å². The van der Waals surface area contributed by atoms with Crippen molar-refractivity contribution in [1.29, 1.82) is 0 Å². The molecule has 0 aliphatic rings. The zero-order valence-electron chi connectivity index (χ0n) is 10.1. The predicted octanol–water partition coefficient (Wildman–Crippen LogP) is 3.30. The number of rotatable bonds is 3. The Kier molecular flexibility index (Phi) is 4.24. The van der Waals surface area contributed by atoms with Gasteiger partial charge in [-0.05, 0) is 36.0 Å². The lowest BCUT2D eigenvalue weighted by molar-refractivity contribution is 0.475. The Labute approximate surface area is 122 Å². The van der Waals surface area contributed by atoms with Crippen molar-refractivity contribution in [2.45, 2.75) is 6.54 Å². The van der Waals surface area contributed by atoms with Crippen LogP contribution in [0.3, 0.4) is 0 Å². The molecule has 3 nitrogen and oxygen atoms in total. The van der Waals surface area contributed by atoms with Crippen LogP contribution in [0.15, 0.2) is 48.5 Å².